The van der Waals surface area contributed by atoms with Crippen LogP contribution >= 0.6 is 0 Å². The van der Waals surface area contributed by atoms with E-state index in [0.717, 1.165) is 55.6 Å². The number of nitrogens with two attached hydrogens (primary N) is 1. The van der Waals surface area contributed by atoms with E-state index in [1.807, 2.05) is 35.2 Å². The number of benzene rings is 1. The molecule has 0 saturated heterocycles. The molecule has 0 radical (unpaired) electrons. The molecule has 1 amide bonds. The zero-order valence-electron chi connectivity index (χ0n) is 14.2. The highest BCUT2D eigenvalue weighted by Crippen LogP contribution is 2.26. The summed E-state index contributed by atoms with van der Waals surface area (Å²) in [6.07, 6.45) is 6.60. The van der Waals surface area contributed by atoms with E-state index in [0.29, 0.717) is 12.3 Å². The van der Waals surface area contributed by atoms with E-state index in [4.69, 9.17) is 5.73 Å². The summed E-state index contributed by atoms with van der Waals surface area (Å²) in [4.78, 5) is 19.4. The van der Waals surface area contributed by atoms with Crippen molar-refractivity contribution in [1.29, 1.82) is 0 Å². The standard InChI is InChI=1S/C19H27N3O/c1-3-5-11-22(12-6-4-2)19(23)16-13-15-9-7-8-10-17(15)21-18(20)14-16/h7-10,13H,3-6,11-12,14H2,1-2H3,(H2,20,21). The summed E-state index contributed by atoms with van der Waals surface area (Å²) in [5.41, 5.74) is 8.55. The van der Waals surface area contributed by atoms with Crippen molar-refractivity contribution in [2.45, 2.75) is 46.0 Å². The summed E-state index contributed by atoms with van der Waals surface area (Å²) in [5, 5.41) is 0. The summed E-state index contributed by atoms with van der Waals surface area (Å²) >= 11 is 0. The van der Waals surface area contributed by atoms with Crippen LogP contribution in [0.5, 0.6) is 0 Å². The van der Waals surface area contributed by atoms with Gasteiger partial charge in [-0.15, -0.1) is 0 Å². The molecule has 4 heteroatoms. The minimum absolute atomic E-state index is 0.0988. The zero-order valence-corrected chi connectivity index (χ0v) is 14.2. The largest absolute Gasteiger partial charge is 0.387 e. The van der Waals surface area contributed by atoms with Crippen LogP contribution in [0.1, 0.15) is 51.5 Å². The van der Waals surface area contributed by atoms with Crippen molar-refractivity contribution in [3.05, 3.63) is 35.4 Å². The third-order valence-electron chi connectivity index (χ3n) is 4.03. The predicted octanol–water partition coefficient (Wildman–Crippen LogP) is 3.89. The van der Waals surface area contributed by atoms with E-state index in [9.17, 15) is 4.79 Å². The minimum Gasteiger partial charge on any atom is -0.387 e. The first kappa shape index (κ1) is 17.3. The van der Waals surface area contributed by atoms with Gasteiger partial charge in [0.15, 0.2) is 0 Å². The molecule has 0 spiro atoms. The second-order valence-corrected chi connectivity index (χ2v) is 6.01. The number of hydrogen-bond acceptors (Lipinski definition) is 3. The van der Waals surface area contributed by atoms with Crippen molar-refractivity contribution in [2.24, 2.45) is 10.7 Å². The number of amidine groups is 1. The Morgan fingerprint density at radius 1 is 1.17 bits per heavy atom. The van der Waals surface area contributed by atoms with Crippen LogP contribution in [0.3, 0.4) is 0 Å². The van der Waals surface area contributed by atoms with Gasteiger partial charge in [-0.05, 0) is 25.0 Å². The number of carbonyl (C=O) groups excluding carboxylic acids is 1. The van der Waals surface area contributed by atoms with Gasteiger partial charge in [0.25, 0.3) is 0 Å². The number of carbonyl (C=O) groups is 1. The normalized spacial score (nSPS) is 13.7. The number of unbranched alkanes of at least 4 members (excludes halogenated alkanes) is 2. The molecule has 0 aromatic heterocycles. The first-order valence-electron chi connectivity index (χ1n) is 8.57. The Morgan fingerprint density at radius 3 is 2.48 bits per heavy atom. The molecule has 1 aliphatic rings. The predicted molar refractivity (Wildman–Crippen MR) is 96.7 cm³/mol. The molecule has 0 bridgehead atoms. The smallest absolute Gasteiger partial charge is 0.250 e. The molecule has 23 heavy (non-hydrogen) atoms. The van der Waals surface area contributed by atoms with Crippen molar-refractivity contribution in [1.82, 2.24) is 4.90 Å². The number of fused-ring (bicyclic) bond motifs is 1. The Balaban J connectivity index is 2.25. The van der Waals surface area contributed by atoms with E-state index >= 15 is 0 Å². The van der Waals surface area contributed by atoms with Crippen LogP contribution < -0.4 is 5.73 Å². The van der Waals surface area contributed by atoms with Crippen molar-refractivity contribution in [3.63, 3.8) is 0 Å². The van der Waals surface area contributed by atoms with E-state index in [2.05, 4.69) is 18.8 Å². The molecule has 1 aliphatic heterocycles. The van der Waals surface area contributed by atoms with Crippen LogP contribution in [0.4, 0.5) is 5.69 Å². The minimum atomic E-state index is 0.0988. The fourth-order valence-electron chi connectivity index (χ4n) is 2.69. The zero-order chi connectivity index (χ0) is 16.7. The van der Waals surface area contributed by atoms with Gasteiger partial charge in [0.1, 0.15) is 5.84 Å². The molecule has 0 unspecified atom stereocenters. The summed E-state index contributed by atoms with van der Waals surface area (Å²) in [6, 6.07) is 7.80. The van der Waals surface area contributed by atoms with Crippen molar-refractivity contribution >= 4 is 23.5 Å². The quantitative estimate of drug-likeness (QED) is 0.830. The first-order valence-corrected chi connectivity index (χ1v) is 8.57. The second-order valence-electron chi connectivity index (χ2n) is 6.01. The van der Waals surface area contributed by atoms with E-state index in [-0.39, 0.29) is 5.91 Å². The van der Waals surface area contributed by atoms with Gasteiger partial charge >= 0.3 is 0 Å². The molecule has 2 N–H and O–H groups in total. The number of aliphatic imine (C=N–C) groups is 1. The van der Waals surface area contributed by atoms with Gasteiger partial charge < -0.3 is 10.6 Å². The van der Waals surface area contributed by atoms with Crippen LogP contribution in [0.15, 0.2) is 34.8 Å². The molecule has 0 fully saturated rings. The van der Waals surface area contributed by atoms with Gasteiger partial charge in [-0.1, -0.05) is 44.9 Å². The Morgan fingerprint density at radius 2 is 1.83 bits per heavy atom. The van der Waals surface area contributed by atoms with Crippen LogP contribution in [-0.4, -0.2) is 29.7 Å². The van der Waals surface area contributed by atoms with Gasteiger partial charge in [-0.2, -0.15) is 0 Å². The average Bonchev–Trinajstić information content (AvgIpc) is 2.72. The van der Waals surface area contributed by atoms with Crippen molar-refractivity contribution < 1.29 is 4.79 Å². The molecule has 2 rings (SSSR count). The van der Waals surface area contributed by atoms with Crippen LogP contribution in [-0.2, 0) is 4.79 Å². The number of hydrogen-bond donors (Lipinski definition) is 1. The third-order valence-corrected chi connectivity index (χ3v) is 4.03. The van der Waals surface area contributed by atoms with Gasteiger partial charge in [0.05, 0.1) is 5.69 Å². The van der Waals surface area contributed by atoms with E-state index < -0.39 is 0 Å². The second kappa shape index (κ2) is 8.51. The molecule has 124 valence electrons. The maximum Gasteiger partial charge on any atom is 0.250 e. The maximum absolute atomic E-state index is 13.0. The molecule has 1 aromatic rings. The van der Waals surface area contributed by atoms with Gasteiger partial charge in [0.2, 0.25) is 5.91 Å². The van der Waals surface area contributed by atoms with Crippen LogP contribution in [0, 0.1) is 0 Å². The Kier molecular flexibility index (Phi) is 6.39. The third kappa shape index (κ3) is 4.68. The highest BCUT2D eigenvalue weighted by atomic mass is 16.2. The number of amides is 1. The Bertz CT molecular complexity index is 596. The Hall–Kier alpha value is -2.10. The Labute approximate surface area is 139 Å². The SMILES string of the molecule is CCCCN(CCCC)C(=O)C1=Cc2ccccc2N=C(N)C1. The number of para-hydroxylation sites is 1. The molecule has 0 saturated carbocycles. The molecule has 1 aromatic carbocycles. The van der Waals surface area contributed by atoms with Crippen molar-refractivity contribution in [2.75, 3.05) is 13.1 Å². The summed E-state index contributed by atoms with van der Waals surface area (Å²) in [7, 11) is 0. The lowest BCUT2D eigenvalue weighted by Crippen LogP contribution is -2.35. The highest BCUT2D eigenvalue weighted by Gasteiger charge is 2.20. The van der Waals surface area contributed by atoms with Crippen molar-refractivity contribution in [3.8, 4) is 0 Å². The van der Waals surface area contributed by atoms with E-state index in [1.54, 1.807) is 0 Å². The maximum atomic E-state index is 13.0. The summed E-state index contributed by atoms with van der Waals surface area (Å²) in [5.74, 6) is 0.599. The molecular formula is C19H27N3O. The molecule has 1 heterocycles. The first-order chi connectivity index (χ1) is 11.2. The molecule has 4 nitrogen and oxygen atoms in total. The molecule has 0 atom stereocenters. The van der Waals surface area contributed by atoms with Gasteiger partial charge in [0, 0.05) is 30.6 Å². The number of nitrogens with zero attached hydrogens (tertiary/aromatic N) is 2. The topological polar surface area (TPSA) is 58.7 Å². The number of rotatable bonds is 7. The molecule has 0 aliphatic carbocycles. The fourth-order valence-corrected chi connectivity index (χ4v) is 2.69. The summed E-state index contributed by atoms with van der Waals surface area (Å²) in [6.45, 7) is 5.92. The van der Waals surface area contributed by atoms with Gasteiger partial charge in [-0.25, -0.2) is 4.99 Å². The molecular weight excluding hydrogens is 286 g/mol. The monoisotopic (exact) mass is 313 g/mol. The average molecular weight is 313 g/mol. The van der Waals surface area contributed by atoms with Crippen LogP contribution in [0.2, 0.25) is 0 Å². The van der Waals surface area contributed by atoms with Crippen LogP contribution in [0.25, 0.3) is 6.08 Å². The lowest BCUT2D eigenvalue weighted by molar-refractivity contribution is -0.127. The van der Waals surface area contributed by atoms with Gasteiger partial charge in [-0.3, -0.25) is 4.79 Å². The lowest BCUT2D eigenvalue weighted by atomic mass is 10.1. The van der Waals surface area contributed by atoms with E-state index in [1.165, 1.54) is 0 Å². The lowest BCUT2D eigenvalue weighted by Gasteiger charge is -2.23. The summed E-state index contributed by atoms with van der Waals surface area (Å²) < 4.78 is 0. The fraction of sp³-hybridized carbons (Fsp3) is 0.474. The highest BCUT2D eigenvalue weighted by molar-refractivity contribution is 6.05.